The topological polar surface area (TPSA) is 57.4 Å². The van der Waals surface area contributed by atoms with Gasteiger partial charge in [-0.05, 0) is 18.1 Å². The van der Waals surface area contributed by atoms with Crippen molar-refractivity contribution in [3.05, 3.63) is 71.9 Å². The van der Waals surface area contributed by atoms with Gasteiger partial charge in [0.2, 0.25) is 0 Å². The normalized spacial score (nSPS) is 25.4. The molecule has 2 aromatic carbocycles. The van der Waals surface area contributed by atoms with Crippen LogP contribution < -0.4 is 5.32 Å². The van der Waals surface area contributed by atoms with E-state index in [9.17, 15) is 4.79 Å². The van der Waals surface area contributed by atoms with Crippen LogP contribution in [0.1, 0.15) is 28.4 Å². The van der Waals surface area contributed by atoms with Crippen LogP contribution in [0.5, 0.6) is 0 Å². The molecular weight excluding hydrogens is 338 g/mol. The number of aromatic nitrogens is 1. The maximum absolute atomic E-state index is 12.8. The van der Waals surface area contributed by atoms with Gasteiger partial charge in [-0.25, -0.2) is 0 Å². The number of para-hydroxylation sites is 1. The summed E-state index contributed by atoms with van der Waals surface area (Å²) in [7, 11) is 0. The summed E-state index contributed by atoms with van der Waals surface area (Å²) < 4.78 is 6.10. The summed E-state index contributed by atoms with van der Waals surface area (Å²) in [4.78, 5) is 18.4. The van der Waals surface area contributed by atoms with Crippen LogP contribution in [0.25, 0.3) is 10.9 Å². The number of fused-ring (bicyclic) bond motifs is 2. The van der Waals surface area contributed by atoms with Gasteiger partial charge in [0, 0.05) is 42.3 Å². The van der Waals surface area contributed by atoms with Gasteiger partial charge in [-0.2, -0.15) is 0 Å². The number of hydrogen-bond acceptors (Lipinski definition) is 3. The van der Waals surface area contributed by atoms with E-state index in [1.54, 1.807) is 6.20 Å². The molecule has 2 aliphatic rings. The van der Waals surface area contributed by atoms with Crippen molar-refractivity contribution in [1.82, 2.24) is 15.2 Å². The number of carbonyl (C=O) groups excluding carboxylic acids is 1. The SMILES string of the molecule is O=C(N[C@H]1C[C@H]2CO[C@@H](c3ccccc3)CN2C1)c1c[nH]c2ccccc12. The third-order valence-corrected chi connectivity index (χ3v) is 5.76. The minimum Gasteiger partial charge on any atom is -0.371 e. The van der Waals surface area contributed by atoms with E-state index in [2.05, 4.69) is 39.5 Å². The molecule has 27 heavy (non-hydrogen) atoms. The summed E-state index contributed by atoms with van der Waals surface area (Å²) in [6, 6.07) is 18.8. The molecule has 2 N–H and O–H groups in total. The van der Waals surface area contributed by atoms with E-state index < -0.39 is 0 Å². The lowest BCUT2D eigenvalue weighted by molar-refractivity contribution is -0.0502. The molecule has 2 saturated heterocycles. The zero-order valence-electron chi connectivity index (χ0n) is 15.1. The van der Waals surface area contributed by atoms with Gasteiger partial charge < -0.3 is 15.0 Å². The molecule has 0 radical (unpaired) electrons. The number of nitrogens with one attached hydrogen (secondary N) is 2. The average Bonchev–Trinajstić information content (AvgIpc) is 3.31. The summed E-state index contributed by atoms with van der Waals surface area (Å²) in [5, 5.41) is 4.20. The van der Waals surface area contributed by atoms with Crippen LogP contribution >= 0.6 is 0 Å². The zero-order chi connectivity index (χ0) is 18.2. The largest absolute Gasteiger partial charge is 0.371 e. The molecule has 138 valence electrons. The first-order valence-electron chi connectivity index (χ1n) is 9.55. The molecule has 1 amide bonds. The third kappa shape index (κ3) is 3.13. The second-order valence-corrected chi connectivity index (χ2v) is 7.49. The van der Waals surface area contributed by atoms with E-state index in [1.807, 2.05) is 30.3 Å². The Morgan fingerprint density at radius 2 is 1.89 bits per heavy atom. The number of H-pyrrole nitrogens is 1. The second-order valence-electron chi connectivity index (χ2n) is 7.49. The first-order chi connectivity index (χ1) is 13.3. The fourth-order valence-corrected chi connectivity index (χ4v) is 4.37. The van der Waals surface area contributed by atoms with Gasteiger partial charge >= 0.3 is 0 Å². The van der Waals surface area contributed by atoms with Crippen LogP contribution in [-0.2, 0) is 4.74 Å². The Kier molecular flexibility index (Phi) is 4.19. The summed E-state index contributed by atoms with van der Waals surface area (Å²) in [6.45, 7) is 2.48. The summed E-state index contributed by atoms with van der Waals surface area (Å²) in [6.07, 6.45) is 2.86. The highest BCUT2D eigenvalue weighted by Crippen LogP contribution is 2.30. The highest BCUT2D eigenvalue weighted by Gasteiger charge is 2.38. The van der Waals surface area contributed by atoms with E-state index in [0.29, 0.717) is 11.6 Å². The molecule has 0 unspecified atom stereocenters. The average molecular weight is 361 g/mol. The molecule has 5 rings (SSSR count). The standard InChI is InChI=1S/C22H23N3O2/c26-22(19-11-23-20-9-5-4-8-18(19)20)24-16-10-17-14-27-21(13-25(17)12-16)15-6-2-1-3-7-15/h1-9,11,16-17,21,23H,10,12-14H2,(H,24,26)/t16-,17-,21+/m0/s1. The Morgan fingerprint density at radius 3 is 2.78 bits per heavy atom. The number of morpholine rings is 1. The van der Waals surface area contributed by atoms with Crippen molar-refractivity contribution in [2.75, 3.05) is 19.7 Å². The first kappa shape index (κ1) is 16.5. The van der Waals surface area contributed by atoms with Crippen molar-refractivity contribution in [2.45, 2.75) is 24.6 Å². The van der Waals surface area contributed by atoms with Crippen LogP contribution in [0.3, 0.4) is 0 Å². The van der Waals surface area contributed by atoms with Crippen LogP contribution in [0.4, 0.5) is 0 Å². The van der Waals surface area contributed by atoms with Gasteiger partial charge in [-0.1, -0.05) is 48.5 Å². The number of carbonyl (C=O) groups is 1. The Bertz CT molecular complexity index is 952. The minimum atomic E-state index is -0.00201. The third-order valence-electron chi connectivity index (χ3n) is 5.76. The van der Waals surface area contributed by atoms with Crippen molar-refractivity contribution in [1.29, 1.82) is 0 Å². The molecule has 0 spiro atoms. The van der Waals surface area contributed by atoms with Gasteiger partial charge in [0.05, 0.1) is 18.3 Å². The van der Waals surface area contributed by atoms with Crippen LogP contribution in [0.15, 0.2) is 60.8 Å². The highest BCUT2D eigenvalue weighted by molar-refractivity contribution is 6.06. The molecule has 1 aromatic heterocycles. The van der Waals surface area contributed by atoms with Crippen LogP contribution in [0.2, 0.25) is 0 Å². The van der Waals surface area contributed by atoms with E-state index >= 15 is 0 Å². The van der Waals surface area contributed by atoms with Gasteiger partial charge in [-0.15, -0.1) is 0 Å². The number of benzene rings is 2. The van der Waals surface area contributed by atoms with Gasteiger partial charge in [0.1, 0.15) is 0 Å². The van der Waals surface area contributed by atoms with Crippen molar-refractivity contribution in [2.24, 2.45) is 0 Å². The van der Waals surface area contributed by atoms with Gasteiger partial charge in [-0.3, -0.25) is 9.69 Å². The van der Waals surface area contributed by atoms with E-state index in [1.165, 1.54) is 5.56 Å². The molecular formula is C22H23N3O2. The quantitative estimate of drug-likeness (QED) is 0.754. The molecule has 3 heterocycles. The van der Waals surface area contributed by atoms with Crippen LogP contribution in [-0.4, -0.2) is 47.6 Å². The lowest BCUT2D eigenvalue weighted by Crippen LogP contribution is -2.43. The Hall–Kier alpha value is -2.63. The molecule has 0 aliphatic carbocycles. The fraction of sp³-hybridized carbons (Fsp3) is 0.318. The smallest absolute Gasteiger partial charge is 0.253 e. The van der Waals surface area contributed by atoms with E-state index in [0.717, 1.165) is 37.0 Å². The molecule has 3 aromatic rings. The number of hydrogen-bond donors (Lipinski definition) is 2. The Labute approximate surface area is 158 Å². The first-order valence-corrected chi connectivity index (χ1v) is 9.55. The van der Waals surface area contributed by atoms with Crippen molar-refractivity contribution in [3.8, 4) is 0 Å². The Morgan fingerprint density at radius 1 is 1.07 bits per heavy atom. The van der Waals surface area contributed by atoms with E-state index in [4.69, 9.17) is 4.74 Å². The fourth-order valence-electron chi connectivity index (χ4n) is 4.37. The van der Waals surface area contributed by atoms with Crippen molar-refractivity contribution < 1.29 is 9.53 Å². The number of rotatable bonds is 3. The number of ether oxygens (including phenoxy) is 1. The maximum atomic E-state index is 12.8. The molecule has 2 fully saturated rings. The van der Waals surface area contributed by atoms with Crippen molar-refractivity contribution >= 4 is 16.8 Å². The monoisotopic (exact) mass is 361 g/mol. The predicted molar refractivity (Wildman–Crippen MR) is 105 cm³/mol. The number of aromatic amines is 1. The number of nitrogens with zero attached hydrogens (tertiary/aromatic N) is 1. The molecule has 2 aliphatic heterocycles. The minimum absolute atomic E-state index is 0.00201. The molecule has 5 heteroatoms. The molecule has 5 nitrogen and oxygen atoms in total. The van der Waals surface area contributed by atoms with Gasteiger partial charge in [0.25, 0.3) is 5.91 Å². The van der Waals surface area contributed by atoms with Gasteiger partial charge in [0.15, 0.2) is 0 Å². The van der Waals surface area contributed by atoms with E-state index in [-0.39, 0.29) is 18.1 Å². The zero-order valence-corrected chi connectivity index (χ0v) is 15.1. The number of amides is 1. The summed E-state index contributed by atoms with van der Waals surface area (Å²) in [5.41, 5.74) is 2.93. The lowest BCUT2D eigenvalue weighted by atomic mass is 10.1. The maximum Gasteiger partial charge on any atom is 0.253 e. The molecule has 3 atom stereocenters. The molecule has 0 saturated carbocycles. The molecule has 0 bridgehead atoms. The second kappa shape index (κ2) is 6.83. The van der Waals surface area contributed by atoms with Crippen LogP contribution in [0, 0.1) is 0 Å². The predicted octanol–water partition coefficient (Wildman–Crippen LogP) is 3.11. The lowest BCUT2D eigenvalue weighted by Gasteiger charge is -2.35. The highest BCUT2D eigenvalue weighted by atomic mass is 16.5. The van der Waals surface area contributed by atoms with Crippen molar-refractivity contribution in [3.63, 3.8) is 0 Å². The summed E-state index contributed by atoms with van der Waals surface area (Å²) in [5.74, 6) is -0.00201. The summed E-state index contributed by atoms with van der Waals surface area (Å²) >= 11 is 0. The Balaban J connectivity index is 1.25.